The molecule has 7 heteroatoms. The van der Waals surface area contributed by atoms with Gasteiger partial charge in [-0.15, -0.1) is 0 Å². The number of methoxy groups -OCH3 is 1. The number of hydrogen-bond acceptors (Lipinski definition) is 3. The molecule has 0 bridgehead atoms. The summed E-state index contributed by atoms with van der Waals surface area (Å²) in [6, 6.07) is 14.8. The van der Waals surface area contributed by atoms with E-state index < -0.39 is 10.2 Å². The number of ether oxygens (including phenoxy) is 1. The normalized spacial score (nSPS) is 18.2. The molecule has 0 amide bonds. The van der Waals surface area contributed by atoms with Crippen LogP contribution in [0.5, 0.6) is 5.75 Å². The topological polar surface area (TPSA) is 49.9 Å². The molecule has 1 heterocycles. The van der Waals surface area contributed by atoms with Crippen LogP contribution in [-0.2, 0) is 23.3 Å². The lowest BCUT2D eigenvalue weighted by molar-refractivity contribution is 0.276. The first-order chi connectivity index (χ1) is 12.0. The van der Waals surface area contributed by atoms with Crippen molar-refractivity contribution in [1.82, 2.24) is 8.61 Å². The molecule has 0 radical (unpaired) electrons. The van der Waals surface area contributed by atoms with Gasteiger partial charge in [0.2, 0.25) is 0 Å². The lowest BCUT2D eigenvalue weighted by Crippen LogP contribution is -2.48. The van der Waals surface area contributed by atoms with Crippen LogP contribution in [0.1, 0.15) is 17.5 Å². The van der Waals surface area contributed by atoms with Gasteiger partial charge in [-0.1, -0.05) is 35.9 Å². The van der Waals surface area contributed by atoms with Crippen LogP contribution < -0.4 is 4.74 Å². The van der Waals surface area contributed by atoms with E-state index >= 15 is 0 Å². The first-order valence-electron chi connectivity index (χ1n) is 8.11. The van der Waals surface area contributed by atoms with Gasteiger partial charge in [0.05, 0.1) is 7.11 Å². The van der Waals surface area contributed by atoms with E-state index in [4.69, 9.17) is 16.3 Å². The number of rotatable bonds is 5. The zero-order valence-corrected chi connectivity index (χ0v) is 15.6. The molecule has 3 rings (SSSR count). The Morgan fingerprint density at radius 2 is 1.64 bits per heavy atom. The maximum atomic E-state index is 12.9. The fraction of sp³-hybridized carbons (Fsp3) is 0.333. The fourth-order valence-electron chi connectivity index (χ4n) is 2.91. The lowest BCUT2D eigenvalue weighted by atomic mass is 10.2. The van der Waals surface area contributed by atoms with Crippen molar-refractivity contribution in [2.75, 3.05) is 20.2 Å². The molecule has 0 saturated carbocycles. The Labute approximate surface area is 154 Å². The predicted octanol–water partition coefficient (Wildman–Crippen LogP) is 3.30. The third-order valence-electron chi connectivity index (χ3n) is 4.23. The first kappa shape index (κ1) is 18.2. The minimum absolute atomic E-state index is 0.335. The number of nitrogens with zero attached hydrogens (tertiary/aromatic N) is 2. The molecule has 0 aliphatic carbocycles. The second-order valence-electron chi connectivity index (χ2n) is 6.01. The van der Waals surface area contributed by atoms with Crippen molar-refractivity contribution in [2.24, 2.45) is 0 Å². The van der Waals surface area contributed by atoms with Gasteiger partial charge in [-0.3, -0.25) is 0 Å². The summed E-state index contributed by atoms with van der Waals surface area (Å²) < 4.78 is 34.0. The summed E-state index contributed by atoms with van der Waals surface area (Å²) >= 11 is 6.01. The van der Waals surface area contributed by atoms with Crippen LogP contribution in [0.2, 0.25) is 5.02 Å². The van der Waals surface area contributed by atoms with E-state index in [1.807, 2.05) is 36.4 Å². The Balaban J connectivity index is 1.74. The van der Waals surface area contributed by atoms with Crippen molar-refractivity contribution in [3.05, 3.63) is 64.7 Å². The summed E-state index contributed by atoms with van der Waals surface area (Å²) in [7, 11) is -1.89. The molecule has 2 aromatic rings. The van der Waals surface area contributed by atoms with E-state index in [-0.39, 0.29) is 0 Å². The molecule has 0 aromatic heterocycles. The maximum Gasteiger partial charge on any atom is 0.282 e. The van der Waals surface area contributed by atoms with Crippen molar-refractivity contribution in [1.29, 1.82) is 0 Å². The van der Waals surface area contributed by atoms with Crippen molar-refractivity contribution >= 4 is 21.8 Å². The molecule has 0 unspecified atom stereocenters. The summed E-state index contributed by atoms with van der Waals surface area (Å²) in [5, 5.41) is 0.613. The highest BCUT2D eigenvalue weighted by Crippen LogP contribution is 2.23. The third-order valence-corrected chi connectivity index (χ3v) is 6.40. The molecular formula is C18H21ClN2O3S. The van der Waals surface area contributed by atoms with Crippen molar-refractivity contribution in [3.8, 4) is 5.75 Å². The Bertz CT molecular complexity index is 824. The third kappa shape index (κ3) is 4.33. The molecule has 2 aromatic carbocycles. The molecular weight excluding hydrogens is 360 g/mol. The summed E-state index contributed by atoms with van der Waals surface area (Å²) in [4.78, 5) is 0. The van der Waals surface area contributed by atoms with Gasteiger partial charge in [0.15, 0.2) is 0 Å². The maximum absolute atomic E-state index is 12.9. The molecule has 5 nitrogen and oxygen atoms in total. The molecule has 1 aliphatic heterocycles. The highest BCUT2D eigenvalue weighted by Gasteiger charge is 2.33. The predicted molar refractivity (Wildman–Crippen MR) is 98.8 cm³/mol. The summed E-state index contributed by atoms with van der Waals surface area (Å²) in [6.45, 7) is 1.74. The average Bonchev–Trinajstić information content (AvgIpc) is 2.59. The second kappa shape index (κ2) is 7.74. The quantitative estimate of drug-likeness (QED) is 0.799. The van der Waals surface area contributed by atoms with E-state index in [2.05, 4.69) is 0 Å². The van der Waals surface area contributed by atoms with Gasteiger partial charge in [0.1, 0.15) is 5.75 Å². The van der Waals surface area contributed by atoms with Gasteiger partial charge in [-0.2, -0.15) is 17.0 Å². The number of halogens is 1. The summed E-state index contributed by atoms with van der Waals surface area (Å²) in [6.07, 6.45) is 0.802. The van der Waals surface area contributed by atoms with E-state index in [0.717, 1.165) is 23.3 Å². The van der Waals surface area contributed by atoms with E-state index in [9.17, 15) is 8.42 Å². The fourth-order valence-corrected chi connectivity index (χ4v) is 4.80. The Kier molecular flexibility index (Phi) is 5.64. The molecule has 0 spiro atoms. The molecule has 25 heavy (non-hydrogen) atoms. The van der Waals surface area contributed by atoms with E-state index in [1.165, 1.54) is 8.61 Å². The highest BCUT2D eigenvalue weighted by atomic mass is 35.5. The summed E-state index contributed by atoms with van der Waals surface area (Å²) in [5.74, 6) is 0.757. The minimum atomic E-state index is -3.50. The van der Waals surface area contributed by atoms with Crippen molar-refractivity contribution in [3.63, 3.8) is 0 Å². The number of hydrogen-bond donors (Lipinski definition) is 0. The Morgan fingerprint density at radius 1 is 1.00 bits per heavy atom. The number of benzene rings is 2. The van der Waals surface area contributed by atoms with E-state index in [0.29, 0.717) is 31.2 Å². The monoisotopic (exact) mass is 380 g/mol. The largest absolute Gasteiger partial charge is 0.497 e. The van der Waals surface area contributed by atoms with Gasteiger partial charge in [0.25, 0.3) is 10.2 Å². The standard InChI is InChI=1S/C18H21ClN2O3S/c1-24-18-8-6-15(7-9-18)13-20-10-3-11-21(25(20,22)23)14-16-4-2-5-17(19)12-16/h2,4-9,12H,3,10-11,13-14H2,1H3. The van der Waals surface area contributed by atoms with Gasteiger partial charge < -0.3 is 4.74 Å². The van der Waals surface area contributed by atoms with Crippen LogP contribution in [0, 0.1) is 0 Å². The van der Waals surface area contributed by atoms with Crippen molar-refractivity contribution in [2.45, 2.75) is 19.5 Å². The second-order valence-corrected chi connectivity index (χ2v) is 8.37. The molecule has 1 fully saturated rings. The highest BCUT2D eigenvalue weighted by molar-refractivity contribution is 7.86. The van der Waals surface area contributed by atoms with Crippen molar-refractivity contribution < 1.29 is 13.2 Å². The first-order valence-corrected chi connectivity index (χ1v) is 9.89. The average molecular weight is 381 g/mol. The minimum Gasteiger partial charge on any atom is -0.497 e. The van der Waals surface area contributed by atoms with Gasteiger partial charge >= 0.3 is 0 Å². The smallest absolute Gasteiger partial charge is 0.282 e. The summed E-state index contributed by atoms with van der Waals surface area (Å²) in [5.41, 5.74) is 1.83. The van der Waals surface area contributed by atoms with Crippen LogP contribution in [0.25, 0.3) is 0 Å². The van der Waals surface area contributed by atoms with Crippen LogP contribution in [0.15, 0.2) is 48.5 Å². The van der Waals surface area contributed by atoms with E-state index in [1.54, 1.807) is 19.2 Å². The molecule has 0 N–H and O–H groups in total. The zero-order chi connectivity index (χ0) is 17.9. The Morgan fingerprint density at radius 3 is 2.24 bits per heavy atom. The van der Waals surface area contributed by atoms with Crippen LogP contribution >= 0.6 is 11.6 Å². The zero-order valence-electron chi connectivity index (χ0n) is 14.1. The molecule has 0 atom stereocenters. The van der Waals surface area contributed by atoms with Crippen LogP contribution in [0.4, 0.5) is 0 Å². The Hall–Kier alpha value is -1.60. The van der Waals surface area contributed by atoms with Gasteiger partial charge in [-0.05, 0) is 41.8 Å². The van der Waals surface area contributed by atoms with Crippen LogP contribution in [-0.4, -0.2) is 37.2 Å². The SMILES string of the molecule is COc1ccc(CN2CCCN(Cc3cccc(Cl)c3)S2(=O)=O)cc1. The molecule has 1 aliphatic rings. The van der Waals surface area contributed by atoms with Crippen LogP contribution in [0.3, 0.4) is 0 Å². The molecule has 134 valence electrons. The lowest BCUT2D eigenvalue weighted by Gasteiger charge is -2.34. The van der Waals surface area contributed by atoms with Gasteiger partial charge in [-0.25, -0.2) is 0 Å². The van der Waals surface area contributed by atoms with Gasteiger partial charge in [0, 0.05) is 31.2 Å². The molecule has 1 saturated heterocycles.